The highest BCUT2D eigenvalue weighted by Gasteiger charge is 2.31. The maximum absolute atomic E-state index is 4.60. The second-order valence-electron chi connectivity index (χ2n) is 6.46. The molecule has 0 amide bonds. The van der Waals surface area contributed by atoms with Crippen molar-refractivity contribution in [2.24, 2.45) is 5.92 Å². The summed E-state index contributed by atoms with van der Waals surface area (Å²) in [5.41, 5.74) is 0.784. The number of hydrogen-bond donors (Lipinski definition) is 1. The van der Waals surface area contributed by atoms with Gasteiger partial charge in [0.15, 0.2) is 11.5 Å². The van der Waals surface area contributed by atoms with Gasteiger partial charge in [0.2, 0.25) is 0 Å². The zero-order chi connectivity index (χ0) is 16.5. The molecule has 24 heavy (non-hydrogen) atoms. The molecule has 0 aliphatic carbocycles. The minimum absolute atomic E-state index is 0.492. The molecule has 126 valence electrons. The Morgan fingerprint density at radius 2 is 2.21 bits per heavy atom. The minimum atomic E-state index is 0.492. The van der Waals surface area contributed by atoms with Gasteiger partial charge in [-0.15, -0.1) is 26.6 Å². The first-order chi connectivity index (χ1) is 11.7. The number of fused-ring (bicyclic) bond motifs is 1. The van der Waals surface area contributed by atoms with Crippen LogP contribution in [0.1, 0.15) is 29.6 Å². The summed E-state index contributed by atoms with van der Waals surface area (Å²) in [6.07, 6.45) is 2.50. The number of nitrogens with zero attached hydrogens (tertiary/aromatic N) is 5. The van der Waals surface area contributed by atoms with Gasteiger partial charge in [-0.3, -0.25) is 4.90 Å². The third-order valence-electron chi connectivity index (χ3n) is 4.81. The van der Waals surface area contributed by atoms with Gasteiger partial charge in [-0.1, -0.05) is 6.07 Å². The van der Waals surface area contributed by atoms with Gasteiger partial charge >= 0.3 is 0 Å². The van der Waals surface area contributed by atoms with E-state index in [0.717, 1.165) is 23.8 Å². The molecule has 4 heterocycles. The zero-order valence-corrected chi connectivity index (χ0v) is 14.8. The summed E-state index contributed by atoms with van der Waals surface area (Å²) in [5.74, 6) is 2.27. The minimum Gasteiger partial charge on any atom is -0.368 e. The van der Waals surface area contributed by atoms with Gasteiger partial charge in [0, 0.05) is 17.5 Å². The smallest absolute Gasteiger partial charge is 0.178 e. The number of rotatable bonds is 4. The van der Waals surface area contributed by atoms with Gasteiger partial charge in [-0.2, -0.15) is 4.52 Å². The van der Waals surface area contributed by atoms with E-state index in [1.165, 1.54) is 24.3 Å². The van der Waals surface area contributed by atoms with Crippen molar-refractivity contribution in [3.63, 3.8) is 0 Å². The topological polar surface area (TPSA) is 58.4 Å². The fourth-order valence-electron chi connectivity index (χ4n) is 3.61. The third kappa shape index (κ3) is 2.89. The van der Waals surface area contributed by atoms with E-state index in [4.69, 9.17) is 0 Å². The fourth-order valence-corrected chi connectivity index (χ4v) is 4.59. The Morgan fingerprint density at radius 3 is 3.04 bits per heavy atom. The Kier molecular flexibility index (Phi) is 4.20. The van der Waals surface area contributed by atoms with Crippen molar-refractivity contribution in [1.82, 2.24) is 24.7 Å². The van der Waals surface area contributed by atoms with Crippen LogP contribution in [0.5, 0.6) is 0 Å². The summed E-state index contributed by atoms with van der Waals surface area (Å²) < 4.78 is 1.78. The number of likely N-dealkylation sites (tertiary alicyclic amines) is 1. The number of nitrogens with one attached hydrogen (secondary N) is 1. The number of piperidine rings is 1. The maximum atomic E-state index is 4.60. The molecule has 6 nitrogen and oxygen atoms in total. The number of aromatic nitrogens is 4. The Labute approximate surface area is 145 Å². The SMILES string of the molecule is Cc1nnc2ccc(NC[C@@H]3CCCN(C)[C@H]3c3cccs3)nn12. The third-order valence-corrected chi connectivity index (χ3v) is 5.75. The Hall–Kier alpha value is -1.99. The van der Waals surface area contributed by atoms with E-state index < -0.39 is 0 Å². The molecule has 1 saturated heterocycles. The maximum Gasteiger partial charge on any atom is 0.178 e. The van der Waals surface area contributed by atoms with E-state index in [1.54, 1.807) is 4.52 Å². The lowest BCUT2D eigenvalue weighted by atomic mass is 9.88. The Balaban J connectivity index is 1.51. The first-order valence-electron chi connectivity index (χ1n) is 8.39. The van der Waals surface area contributed by atoms with Gasteiger partial charge in [-0.25, -0.2) is 0 Å². The largest absolute Gasteiger partial charge is 0.368 e. The molecule has 1 aliphatic heterocycles. The summed E-state index contributed by atoms with van der Waals surface area (Å²) in [6, 6.07) is 8.84. The lowest BCUT2D eigenvalue weighted by Gasteiger charge is -2.39. The predicted octanol–water partition coefficient (Wildman–Crippen LogP) is 2.99. The molecule has 0 unspecified atom stereocenters. The highest BCUT2D eigenvalue weighted by atomic mass is 32.1. The average molecular weight is 342 g/mol. The quantitative estimate of drug-likeness (QED) is 0.790. The van der Waals surface area contributed by atoms with Crippen LogP contribution in [0.25, 0.3) is 5.65 Å². The zero-order valence-electron chi connectivity index (χ0n) is 14.0. The molecule has 4 rings (SSSR count). The number of anilines is 1. The van der Waals surface area contributed by atoms with Crippen LogP contribution < -0.4 is 5.32 Å². The second kappa shape index (κ2) is 6.49. The van der Waals surface area contributed by atoms with Gasteiger partial charge in [-0.05, 0) is 62.9 Å². The van der Waals surface area contributed by atoms with E-state index in [0.29, 0.717) is 12.0 Å². The van der Waals surface area contributed by atoms with Crippen LogP contribution in [-0.2, 0) is 0 Å². The molecular weight excluding hydrogens is 320 g/mol. The van der Waals surface area contributed by atoms with Gasteiger partial charge < -0.3 is 5.32 Å². The lowest BCUT2D eigenvalue weighted by Crippen LogP contribution is -2.38. The summed E-state index contributed by atoms with van der Waals surface area (Å²) >= 11 is 1.86. The average Bonchev–Trinajstić information content (AvgIpc) is 3.23. The molecule has 0 radical (unpaired) electrons. The highest BCUT2D eigenvalue weighted by molar-refractivity contribution is 7.10. The molecule has 3 aromatic rings. The monoisotopic (exact) mass is 342 g/mol. The molecule has 2 atom stereocenters. The van der Waals surface area contributed by atoms with Crippen LogP contribution in [0.3, 0.4) is 0 Å². The van der Waals surface area contributed by atoms with E-state index in [9.17, 15) is 0 Å². The second-order valence-corrected chi connectivity index (χ2v) is 7.44. The molecule has 3 aromatic heterocycles. The number of thiophene rings is 1. The molecule has 1 fully saturated rings. The normalized spacial score (nSPS) is 22.1. The Bertz CT molecular complexity index is 812. The van der Waals surface area contributed by atoms with Crippen molar-refractivity contribution in [1.29, 1.82) is 0 Å². The first-order valence-corrected chi connectivity index (χ1v) is 9.27. The predicted molar refractivity (Wildman–Crippen MR) is 96.4 cm³/mol. The van der Waals surface area contributed by atoms with Gasteiger partial charge in [0.05, 0.1) is 0 Å². The van der Waals surface area contributed by atoms with Crippen LogP contribution in [0.4, 0.5) is 5.82 Å². The summed E-state index contributed by atoms with van der Waals surface area (Å²) in [4.78, 5) is 3.95. The highest BCUT2D eigenvalue weighted by Crippen LogP contribution is 2.37. The summed E-state index contributed by atoms with van der Waals surface area (Å²) in [6.45, 7) is 4.01. The van der Waals surface area contributed by atoms with E-state index in [-0.39, 0.29) is 0 Å². The van der Waals surface area contributed by atoms with Crippen LogP contribution >= 0.6 is 11.3 Å². The molecule has 0 spiro atoms. The number of hydrogen-bond acceptors (Lipinski definition) is 6. The van der Waals surface area contributed by atoms with Crippen LogP contribution in [-0.4, -0.2) is 44.8 Å². The molecule has 1 N–H and O–H groups in total. The van der Waals surface area contributed by atoms with Crippen molar-refractivity contribution in [2.45, 2.75) is 25.8 Å². The first kappa shape index (κ1) is 15.5. The lowest BCUT2D eigenvalue weighted by molar-refractivity contribution is 0.130. The molecular formula is C17H22N6S. The standard InChI is InChI=1S/C17H22N6S/c1-12-19-20-16-8-7-15(21-23(12)16)18-11-13-5-3-9-22(2)17(13)14-6-4-10-24-14/h4,6-8,10,13,17H,3,5,9,11H2,1-2H3,(H,18,21)/t13-,17+/m0/s1. The molecule has 0 bridgehead atoms. The van der Waals surface area contributed by atoms with E-state index in [1.807, 2.05) is 30.4 Å². The van der Waals surface area contributed by atoms with E-state index >= 15 is 0 Å². The van der Waals surface area contributed by atoms with Crippen LogP contribution in [0, 0.1) is 12.8 Å². The summed E-state index contributed by atoms with van der Waals surface area (Å²) in [7, 11) is 2.24. The molecule has 0 saturated carbocycles. The Morgan fingerprint density at radius 1 is 1.29 bits per heavy atom. The number of aryl methyl sites for hydroxylation is 1. The van der Waals surface area contributed by atoms with Gasteiger partial charge in [0.1, 0.15) is 5.82 Å². The van der Waals surface area contributed by atoms with Crippen molar-refractivity contribution < 1.29 is 0 Å². The molecule has 1 aliphatic rings. The summed E-state index contributed by atoms with van der Waals surface area (Å²) in [5, 5.41) is 18.4. The van der Waals surface area contributed by atoms with Crippen molar-refractivity contribution in [3.8, 4) is 0 Å². The van der Waals surface area contributed by atoms with E-state index in [2.05, 4.69) is 50.1 Å². The van der Waals surface area contributed by atoms with Gasteiger partial charge in [0.25, 0.3) is 0 Å². The fraction of sp³-hybridized carbons (Fsp3) is 0.471. The van der Waals surface area contributed by atoms with Crippen molar-refractivity contribution in [3.05, 3.63) is 40.3 Å². The van der Waals surface area contributed by atoms with Crippen molar-refractivity contribution >= 4 is 22.8 Å². The van der Waals surface area contributed by atoms with Crippen molar-refractivity contribution in [2.75, 3.05) is 25.5 Å². The van der Waals surface area contributed by atoms with Crippen LogP contribution in [0.2, 0.25) is 0 Å². The molecule has 0 aromatic carbocycles. The molecule has 7 heteroatoms. The van der Waals surface area contributed by atoms with Crippen LogP contribution in [0.15, 0.2) is 29.6 Å².